The third-order valence-corrected chi connectivity index (χ3v) is 8.87. The summed E-state index contributed by atoms with van der Waals surface area (Å²) in [6.45, 7) is 14.8. The van der Waals surface area contributed by atoms with Crippen LogP contribution in [0.4, 0.5) is 26.5 Å². The molecule has 0 saturated carbocycles. The number of aromatic nitrogens is 3. The molecule has 3 aromatic rings. The third-order valence-electron chi connectivity index (χ3n) is 8.87. The van der Waals surface area contributed by atoms with Crippen molar-refractivity contribution in [1.82, 2.24) is 24.8 Å². The largest absolute Gasteiger partial charge is 0.485 e. The average molecular weight is 659 g/mol. The number of hydrogen-bond acceptors (Lipinski definition) is 11. The molecule has 0 bridgehead atoms. The maximum Gasteiger partial charge on any atom is 0.410 e. The Hall–Kier alpha value is -4.54. The lowest BCUT2D eigenvalue weighted by molar-refractivity contribution is -0.0683. The number of hydrogen-bond donors (Lipinski definition) is 1. The molecule has 1 amide bonds. The highest BCUT2D eigenvalue weighted by atomic mass is 19.1. The van der Waals surface area contributed by atoms with Gasteiger partial charge >= 0.3 is 6.09 Å². The van der Waals surface area contributed by atoms with E-state index in [-0.39, 0.29) is 24.4 Å². The molecule has 13 heteroatoms. The fourth-order valence-electron chi connectivity index (χ4n) is 6.30. The van der Waals surface area contributed by atoms with Crippen LogP contribution in [-0.4, -0.2) is 107 Å². The van der Waals surface area contributed by atoms with Gasteiger partial charge in [-0.1, -0.05) is 13.8 Å². The molecule has 254 valence electrons. The zero-order valence-corrected chi connectivity index (χ0v) is 28.1. The third kappa shape index (κ3) is 7.61. The van der Waals surface area contributed by atoms with E-state index in [2.05, 4.69) is 48.3 Å². The van der Waals surface area contributed by atoms with Crippen LogP contribution in [0.2, 0.25) is 0 Å². The average Bonchev–Trinajstić information content (AvgIpc) is 3.02. The highest BCUT2D eigenvalue weighted by Gasteiger charge is 2.47. The number of piperidine rings is 1. The van der Waals surface area contributed by atoms with Crippen LogP contribution in [0.25, 0.3) is 11.4 Å². The maximum atomic E-state index is 15.5. The first-order valence-corrected chi connectivity index (χ1v) is 16.3. The summed E-state index contributed by atoms with van der Waals surface area (Å²) in [5.74, 6) is 0.983. The molecule has 3 saturated heterocycles. The predicted molar refractivity (Wildman–Crippen MR) is 179 cm³/mol. The summed E-state index contributed by atoms with van der Waals surface area (Å²) in [6.07, 6.45) is -1.53. The van der Waals surface area contributed by atoms with Crippen molar-refractivity contribution < 1.29 is 23.4 Å². The van der Waals surface area contributed by atoms with Crippen molar-refractivity contribution in [3.63, 3.8) is 0 Å². The molecule has 12 nitrogen and oxygen atoms in total. The molecular formula is C35H43FN8O4. The minimum absolute atomic E-state index is 0.167. The summed E-state index contributed by atoms with van der Waals surface area (Å²) in [6, 6.07) is 15.9. The van der Waals surface area contributed by atoms with Crippen molar-refractivity contribution in [3.8, 4) is 23.2 Å². The highest BCUT2D eigenvalue weighted by Crippen LogP contribution is 2.37. The second-order valence-electron chi connectivity index (χ2n) is 14.2. The van der Waals surface area contributed by atoms with E-state index in [0.717, 1.165) is 45.1 Å². The van der Waals surface area contributed by atoms with Crippen molar-refractivity contribution in [3.05, 3.63) is 54.4 Å². The normalized spacial score (nSPS) is 21.6. The number of nitrogens with one attached hydrogen (secondary N) is 1. The summed E-state index contributed by atoms with van der Waals surface area (Å²) < 4.78 is 32.5. The van der Waals surface area contributed by atoms with E-state index in [1.165, 1.54) is 16.9 Å². The number of carbonyl (C=O) groups excluding carboxylic acids is 1. The second-order valence-corrected chi connectivity index (χ2v) is 14.2. The Bertz CT molecular complexity index is 1650. The molecule has 1 N–H and O–H groups in total. The predicted octanol–water partition coefficient (Wildman–Crippen LogP) is 5.04. The lowest BCUT2D eigenvalue weighted by atomic mass is 9.80. The number of ether oxygens (including phenoxy) is 3. The van der Waals surface area contributed by atoms with Gasteiger partial charge in [-0.25, -0.2) is 19.2 Å². The van der Waals surface area contributed by atoms with Crippen LogP contribution in [0.5, 0.6) is 5.75 Å². The van der Waals surface area contributed by atoms with E-state index in [1.54, 1.807) is 39.0 Å². The van der Waals surface area contributed by atoms with Gasteiger partial charge in [0.1, 0.15) is 29.9 Å². The number of anilines is 3. The van der Waals surface area contributed by atoms with Crippen molar-refractivity contribution >= 4 is 23.4 Å². The van der Waals surface area contributed by atoms with E-state index in [4.69, 9.17) is 14.2 Å². The van der Waals surface area contributed by atoms with Gasteiger partial charge < -0.3 is 29.3 Å². The van der Waals surface area contributed by atoms with Gasteiger partial charge in [-0.05, 0) is 63.2 Å². The molecule has 1 aromatic heterocycles. The SMILES string of the molecule is CC(C)(C)OC(=O)N1CC(F)[C@@H](Oc2ccc(-c3ncnc(Nc4ccc(N5CCN(C6COC6)CC5)cc4)n3)cc2C#N)C(C)(C)C1. The van der Waals surface area contributed by atoms with Gasteiger partial charge in [0.25, 0.3) is 0 Å². The van der Waals surface area contributed by atoms with Gasteiger partial charge in [-0.3, -0.25) is 4.90 Å². The number of rotatable bonds is 7. The van der Waals surface area contributed by atoms with Crippen molar-refractivity contribution in [2.75, 3.05) is 62.7 Å². The fraction of sp³-hybridized carbons (Fsp3) is 0.514. The lowest BCUT2D eigenvalue weighted by Crippen LogP contribution is -2.59. The monoisotopic (exact) mass is 658 g/mol. The van der Waals surface area contributed by atoms with Crippen LogP contribution in [0.3, 0.4) is 0 Å². The zero-order valence-electron chi connectivity index (χ0n) is 28.1. The molecule has 0 aliphatic carbocycles. The van der Waals surface area contributed by atoms with Gasteiger partial charge in [0.2, 0.25) is 5.95 Å². The number of nitrogens with zero attached hydrogens (tertiary/aromatic N) is 7. The van der Waals surface area contributed by atoms with Crippen LogP contribution < -0.4 is 15.0 Å². The number of alkyl halides is 1. The molecular weight excluding hydrogens is 615 g/mol. The quantitative estimate of drug-likeness (QED) is 0.367. The van der Waals surface area contributed by atoms with Crippen LogP contribution >= 0.6 is 0 Å². The molecule has 3 aliphatic rings. The Morgan fingerprint density at radius 3 is 2.44 bits per heavy atom. The summed E-state index contributed by atoms with van der Waals surface area (Å²) in [7, 11) is 0. The summed E-state index contributed by atoms with van der Waals surface area (Å²) >= 11 is 0. The molecule has 4 heterocycles. The number of carbonyl (C=O) groups is 1. The summed E-state index contributed by atoms with van der Waals surface area (Å²) in [4.78, 5) is 32.1. The standard InChI is InChI=1S/C35H43FN8O4/c1-34(2,3)48-33(45)44-18-28(36)30(35(4,5)21-44)47-29-11-6-23(16-24(29)17-37)31-38-22-39-32(41-31)40-25-7-9-26(10-8-25)42-12-14-43(15-13-42)27-19-46-20-27/h6-11,16,22,27-28,30H,12-15,18-21H2,1-5H3,(H,38,39,40,41)/t28?,30-/m1/s1. The second kappa shape index (κ2) is 13.5. The van der Waals surface area contributed by atoms with E-state index in [0.29, 0.717) is 23.4 Å². The van der Waals surface area contributed by atoms with Gasteiger partial charge in [0.05, 0.1) is 31.4 Å². The topological polar surface area (TPSA) is 129 Å². The number of halogens is 1. The summed E-state index contributed by atoms with van der Waals surface area (Å²) in [5, 5.41) is 13.2. The van der Waals surface area contributed by atoms with Gasteiger partial charge in [-0.2, -0.15) is 10.2 Å². The van der Waals surface area contributed by atoms with Gasteiger partial charge in [0, 0.05) is 55.1 Å². The molecule has 48 heavy (non-hydrogen) atoms. The number of likely N-dealkylation sites (tertiary alicyclic amines) is 1. The van der Waals surface area contributed by atoms with Crippen molar-refractivity contribution in [1.29, 1.82) is 5.26 Å². The Balaban J connectivity index is 1.09. The first-order chi connectivity index (χ1) is 22.9. The Morgan fingerprint density at radius 2 is 1.81 bits per heavy atom. The molecule has 0 radical (unpaired) electrons. The van der Waals surface area contributed by atoms with Crippen molar-refractivity contribution in [2.45, 2.75) is 58.5 Å². The van der Waals surface area contributed by atoms with E-state index in [9.17, 15) is 10.1 Å². The lowest BCUT2D eigenvalue weighted by Gasteiger charge is -2.45. The number of amides is 1. The molecule has 6 rings (SSSR count). The summed E-state index contributed by atoms with van der Waals surface area (Å²) in [5.41, 5.74) is 1.37. The molecule has 3 aliphatic heterocycles. The van der Waals surface area contributed by atoms with E-state index >= 15 is 4.39 Å². The molecule has 1 unspecified atom stereocenters. The first kappa shape index (κ1) is 33.4. The fourth-order valence-corrected chi connectivity index (χ4v) is 6.30. The maximum absolute atomic E-state index is 15.5. The number of nitriles is 1. The van der Waals surface area contributed by atoms with Crippen LogP contribution in [0.15, 0.2) is 48.8 Å². The van der Waals surface area contributed by atoms with Crippen LogP contribution in [-0.2, 0) is 9.47 Å². The van der Waals surface area contributed by atoms with Gasteiger partial charge in [0.15, 0.2) is 12.0 Å². The Labute approximate surface area is 280 Å². The minimum Gasteiger partial charge on any atom is -0.485 e. The number of piperazine rings is 1. The molecule has 2 aromatic carbocycles. The van der Waals surface area contributed by atoms with E-state index < -0.39 is 29.4 Å². The molecule has 2 atom stereocenters. The zero-order chi connectivity index (χ0) is 34.1. The van der Waals surface area contributed by atoms with Crippen LogP contribution in [0.1, 0.15) is 40.2 Å². The molecule has 3 fully saturated rings. The number of benzene rings is 2. The Morgan fingerprint density at radius 1 is 1.08 bits per heavy atom. The smallest absolute Gasteiger partial charge is 0.410 e. The highest BCUT2D eigenvalue weighted by molar-refractivity contribution is 5.68. The van der Waals surface area contributed by atoms with E-state index in [1.807, 2.05) is 26.0 Å². The first-order valence-electron chi connectivity index (χ1n) is 16.3. The minimum atomic E-state index is -1.49. The van der Waals surface area contributed by atoms with Gasteiger partial charge in [-0.15, -0.1) is 0 Å². The van der Waals surface area contributed by atoms with Crippen molar-refractivity contribution in [2.24, 2.45) is 5.41 Å². The van der Waals surface area contributed by atoms with Crippen LogP contribution in [0, 0.1) is 16.7 Å². The Kier molecular flexibility index (Phi) is 9.40. The molecule has 0 spiro atoms.